The number of para-hydroxylation sites is 1. The Morgan fingerprint density at radius 2 is 1.95 bits per heavy atom. The van der Waals surface area contributed by atoms with E-state index in [0.717, 1.165) is 24.5 Å². The monoisotopic (exact) mass is 275 g/mol. The molecule has 2 N–H and O–H groups in total. The molecule has 0 aliphatic heterocycles. The van der Waals surface area contributed by atoms with Crippen LogP contribution in [0, 0.1) is 5.92 Å². The molecule has 0 aromatic heterocycles. The summed E-state index contributed by atoms with van der Waals surface area (Å²) in [5.41, 5.74) is 7.37. The van der Waals surface area contributed by atoms with Crippen LogP contribution in [0.25, 0.3) is 0 Å². The van der Waals surface area contributed by atoms with Crippen molar-refractivity contribution in [3.63, 3.8) is 0 Å². The zero-order valence-electron chi connectivity index (χ0n) is 13.0. The SMILES string of the molecule is CCC(N)Cc1ccccc1OC1CCCCC1CC. The van der Waals surface area contributed by atoms with Crippen molar-refractivity contribution in [2.45, 2.75) is 70.9 Å². The first-order valence-corrected chi connectivity index (χ1v) is 8.24. The molecular weight excluding hydrogens is 246 g/mol. The summed E-state index contributed by atoms with van der Waals surface area (Å²) >= 11 is 0. The van der Waals surface area contributed by atoms with Crippen molar-refractivity contribution in [3.8, 4) is 5.75 Å². The number of benzene rings is 1. The fourth-order valence-electron chi connectivity index (χ4n) is 3.17. The topological polar surface area (TPSA) is 35.2 Å². The van der Waals surface area contributed by atoms with Crippen LogP contribution >= 0.6 is 0 Å². The van der Waals surface area contributed by atoms with Gasteiger partial charge in [-0.2, -0.15) is 0 Å². The van der Waals surface area contributed by atoms with Crippen LogP contribution in [0.5, 0.6) is 5.75 Å². The lowest BCUT2D eigenvalue weighted by Crippen LogP contribution is -2.30. The minimum absolute atomic E-state index is 0.230. The average molecular weight is 275 g/mol. The molecule has 3 unspecified atom stereocenters. The summed E-state index contributed by atoms with van der Waals surface area (Å²) in [6.07, 6.45) is 8.73. The highest BCUT2D eigenvalue weighted by Gasteiger charge is 2.25. The lowest BCUT2D eigenvalue weighted by molar-refractivity contribution is 0.0893. The van der Waals surface area contributed by atoms with E-state index in [1.54, 1.807) is 0 Å². The standard InChI is InChI=1S/C18H29NO/c1-3-14-9-5-7-11-17(14)20-18-12-8-6-10-15(18)13-16(19)4-2/h6,8,10,12,14,16-17H,3-5,7,9,11,13,19H2,1-2H3. The van der Waals surface area contributed by atoms with E-state index in [9.17, 15) is 0 Å². The fraction of sp³-hybridized carbons (Fsp3) is 0.667. The number of nitrogens with two attached hydrogens (primary N) is 1. The first-order chi connectivity index (χ1) is 9.74. The Balaban J connectivity index is 2.07. The van der Waals surface area contributed by atoms with Crippen molar-refractivity contribution in [3.05, 3.63) is 29.8 Å². The van der Waals surface area contributed by atoms with Crippen molar-refractivity contribution in [2.24, 2.45) is 11.7 Å². The van der Waals surface area contributed by atoms with E-state index in [2.05, 4.69) is 38.1 Å². The van der Waals surface area contributed by atoms with Gasteiger partial charge in [0.15, 0.2) is 0 Å². The third kappa shape index (κ3) is 3.99. The molecule has 2 nitrogen and oxygen atoms in total. The summed E-state index contributed by atoms with van der Waals surface area (Å²) in [6.45, 7) is 4.42. The van der Waals surface area contributed by atoms with Gasteiger partial charge in [0.2, 0.25) is 0 Å². The van der Waals surface area contributed by atoms with Crippen molar-refractivity contribution in [1.82, 2.24) is 0 Å². The molecule has 2 heteroatoms. The molecule has 0 amide bonds. The molecule has 0 radical (unpaired) electrons. The second-order valence-electron chi connectivity index (χ2n) is 6.09. The van der Waals surface area contributed by atoms with Gasteiger partial charge in [-0.1, -0.05) is 38.5 Å². The molecule has 1 aromatic rings. The number of ether oxygens (including phenoxy) is 1. The van der Waals surface area contributed by atoms with E-state index in [4.69, 9.17) is 10.5 Å². The highest BCUT2D eigenvalue weighted by molar-refractivity contribution is 5.34. The predicted octanol–water partition coefficient (Wildman–Crippen LogP) is 4.31. The van der Waals surface area contributed by atoms with Crippen LogP contribution in [-0.2, 0) is 6.42 Å². The lowest BCUT2D eigenvalue weighted by Gasteiger charge is -2.32. The smallest absolute Gasteiger partial charge is 0.122 e. The Kier molecular flexibility index (Phi) is 5.90. The van der Waals surface area contributed by atoms with Crippen LogP contribution in [0.4, 0.5) is 0 Å². The van der Waals surface area contributed by atoms with Crippen molar-refractivity contribution >= 4 is 0 Å². The zero-order chi connectivity index (χ0) is 14.4. The van der Waals surface area contributed by atoms with Gasteiger partial charge in [0, 0.05) is 6.04 Å². The quantitative estimate of drug-likeness (QED) is 0.839. The second kappa shape index (κ2) is 7.68. The lowest BCUT2D eigenvalue weighted by atomic mass is 9.84. The van der Waals surface area contributed by atoms with Crippen LogP contribution in [0.3, 0.4) is 0 Å². The van der Waals surface area contributed by atoms with Gasteiger partial charge >= 0.3 is 0 Å². The third-order valence-electron chi connectivity index (χ3n) is 4.62. The van der Waals surface area contributed by atoms with E-state index >= 15 is 0 Å². The molecule has 20 heavy (non-hydrogen) atoms. The van der Waals surface area contributed by atoms with Crippen LogP contribution in [-0.4, -0.2) is 12.1 Å². The molecule has 1 aliphatic rings. The molecular formula is C18H29NO. The number of rotatable bonds is 6. The Morgan fingerprint density at radius 1 is 1.20 bits per heavy atom. The Morgan fingerprint density at radius 3 is 2.70 bits per heavy atom. The van der Waals surface area contributed by atoms with Gasteiger partial charge in [-0.3, -0.25) is 0 Å². The van der Waals surface area contributed by atoms with E-state index < -0.39 is 0 Å². The molecule has 0 saturated heterocycles. The minimum Gasteiger partial charge on any atom is -0.490 e. The van der Waals surface area contributed by atoms with E-state index in [1.165, 1.54) is 37.7 Å². The summed E-state index contributed by atoms with van der Waals surface area (Å²) in [5.74, 6) is 1.78. The zero-order valence-corrected chi connectivity index (χ0v) is 13.0. The maximum absolute atomic E-state index is 6.38. The Labute approximate surface area is 123 Å². The maximum Gasteiger partial charge on any atom is 0.122 e. The highest BCUT2D eigenvalue weighted by Crippen LogP contribution is 2.32. The molecule has 3 atom stereocenters. The largest absolute Gasteiger partial charge is 0.490 e. The molecule has 1 fully saturated rings. The normalized spacial score (nSPS) is 24.4. The van der Waals surface area contributed by atoms with E-state index in [0.29, 0.717) is 6.10 Å². The highest BCUT2D eigenvalue weighted by atomic mass is 16.5. The predicted molar refractivity (Wildman–Crippen MR) is 85.1 cm³/mol. The summed E-state index contributed by atoms with van der Waals surface area (Å²) in [4.78, 5) is 0. The molecule has 0 spiro atoms. The van der Waals surface area contributed by atoms with Crippen molar-refractivity contribution in [1.29, 1.82) is 0 Å². The van der Waals surface area contributed by atoms with Gasteiger partial charge in [0.25, 0.3) is 0 Å². The van der Waals surface area contributed by atoms with Crippen LogP contribution in [0.1, 0.15) is 57.9 Å². The van der Waals surface area contributed by atoms with E-state index in [-0.39, 0.29) is 6.04 Å². The number of hydrogen-bond donors (Lipinski definition) is 1. The molecule has 1 saturated carbocycles. The molecule has 0 bridgehead atoms. The van der Waals surface area contributed by atoms with E-state index in [1.807, 2.05) is 0 Å². The Bertz CT molecular complexity index is 404. The molecule has 1 aromatic carbocycles. The average Bonchev–Trinajstić information content (AvgIpc) is 2.49. The van der Waals surface area contributed by atoms with Gasteiger partial charge in [-0.25, -0.2) is 0 Å². The first kappa shape index (κ1) is 15.4. The molecule has 112 valence electrons. The molecule has 0 heterocycles. The van der Waals surface area contributed by atoms with Gasteiger partial charge in [-0.15, -0.1) is 0 Å². The number of hydrogen-bond acceptors (Lipinski definition) is 2. The molecule has 2 rings (SSSR count). The second-order valence-corrected chi connectivity index (χ2v) is 6.09. The summed E-state index contributed by atoms with van der Waals surface area (Å²) in [5, 5.41) is 0. The maximum atomic E-state index is 6.38. The van der Waals surface area contributed by atoms with Crippen LogP contribution in [0.2, 0.25) is 0 Å². The van der Waals surface area contributed by atoms with Gasteiger partial charge in [0.05, 0.1) is 0 Å². The fourth-order valence-corrected chi connectivity index (χ4v) is 3.17. The molecule has 1 aliphatic carbocycles. The van der Waals surface area contributed by atoms with Gasteiger partial charge < -0.3 is 10.5 Å². The minimum atomic E-state index is 0.230. The van der Waals surface area contributed by atoms with Gasteiger partial charge in [0.1, 0.15) is 11.9 Å². The van der Waals surface area contributed by atoms with Gasteiger partial charge in [-0.05, 0) is 56.1 Å². The van der Waals surface area contributed by atoms with Crippen LogP contribution in [0.15, 0.2) is 24.3 Å². The van der Waals surface area contributed by atoms with Crippen LogP contribution < -0.4 is 10.5 Å². The summed E-state index contributed by atoms with van der Waals surface area (Å²) in [7, 11) is 0. The summed E-state index contributed by atoms with van der Waals surface area (Å²) in [6, 6.07) is 8.66. The first-order valence-electron chi connectivity index (χ1n) is 8.24. The van der Waals surface area contributed by atoms with Crippen molar-refractivity contribution < 1.29 is 4.74 Å². The third-order valence-corrected chi connectivity index (χ3v) is 4.62. The van der Waals surface area contributed by atoms with Crippen molar-refractivity contribution in [2.75, 3.05) is 0 Å². The summed E-state index contributed by atoms with van der Waals surface area (Å²) < 4.78 is 6.38. The Hall–Kier alpha value is -1.02.